The molecule has 51 heavy (non-hydrogen) atoms. The van der Waals surface area contributed by atoms with E-state index in [9.17, 15) is 9.59 Å². The maximum Gasteiger partial charge on any atom is 0.220 e. The van der Waals surface area contributed by atoms with E-state index in [0.29, 0.717) is 88.8 Å². The summed E-state index contributed by atoms with van der Waals surface area (Å²) < 4.78 is 21.5. The Hall–Kier alpha value is -4.36. The number of aromatic nitrogens is 3. The van der Waals surface area contributed by atoms with Crippen molar-refractivity contribution < 1.29 is 18.7 Å². The highest BCUT2D eigenvalue weighted by molar-refractivity contribution is 6.39. The number of ether oxygens (including phenoxy) is 1. The van der Waals surface area contributed by atoms with Crippen LogP contribution in [-0.2, 0) is 22.7 Å². The van der Waals surface area contributed by atoms with Gasteiger partial charge in [0.1, 0.15) is 0 Å². The number of hydrogen-bond donors (Lipinski definition) is 3. The minimum atomic E-state index is -0.464. The zero-order chi connectivity index (χ0) is 36.1. The van der Waals surface area contributed by atoms with E-state index < -0.39 is 5.82 Å². The number of likely N-dealkylation sites (tertiary alicyclic amines) is 1. The Balaban J connectivity index is 1.17. The number of hydrogen-bond acceptors (Lipinski definition) is 9. The molecule has 4 aromatic rings. The molecule has 0 aliphatic carbocycles. The van der Waals surface area contributed by atoms with Crippen LogP contribution in [0.3, 0.4) is 0 Å². The second-order valence-corrected chi connectivity index (χ2v) is 13.7. The molecule has 2 amide bonds. The van der Waals surface area contributed by atoms with Crippen LogP contribution in [0.4, 0.5) is 15.9 Å². The molecule has 2 saturated heterocycles. The average molecular weight is 736 g/mol. The molecular formula is C37H41Cl2FN8O3. The van der Waals surface area contributed by atoms with Gasteiger partial charge < -0.3 is 25.6 Å². The third-order valence-electron chi connectivity index (χ3n) is 9.52. The van der Waals surface area contributed by atoms with Crippen molar-refractivity contribution in [2.24, 2.45) is 0 Å². The Morgan fingerprint density at radius 3 is 2.55 bits per heavy atom. The van der Waals surface area contributed by atoms with Gasteiger partial charge in [0.15, 0.2) is 11.6 Å². The molecule has 0 radical (unpaired) electrons. The Bertz CT molecular complexity index is 1910. The summed E-state index contributed by atoms with van der Waals surface area (Å²) in [5, 5.41) is 10.1. The molecule has 3 N–H and O–H groups in total. The van der Waals surface area contributed by atoms with Crippen LogP contribution >= 0.6 is 23.2 Å². The summed E-state index contributed by atoms with van der Waals surface area (Å²) in [5.41, 5.74) is 4.03. The third-order valence-corrected chi connectivity index (χ3v) is 10.3. The SMILES string of the molecule is COc1nc(-c2ccnc(-c3cccc(Nc4nccc(CN(C)C5CCN(C(C)=O)CC5)c4F)c3Cl)c2Cl)ccc1CNC[C@H]1CCC(=O)N1. The number of amides is 2. The largest absolute Gasteiger partial charge is 0.481 e. The average Bonchev–Trinajstić information content (AvgIpc) is 3.55. The molecule has 11 nitrogen and oxygen atoms in total. The molecule has 0 bridgehead atoms. The van der Waals surface area contributed by atoms with E-state index in [-0.39, 0.29) is 29.7 Å². The topological polar surface area (TPSA) is 125 Å². The summed E-state index contributed by atoms with van der Waals surface area (Å²) in [7, 11) is 3.54. The number of pyridine rings is 3. The lowest BCUT2D eigenvalue weighted by Gasteiger charge is -2.36. The van der Waals surface area contributed by atoms with Crippen molar-refractivity contribution in [3.63, 3.8) is 0 Å². The maximum atomic E-state index is 15.8. The predicted molar refractivity (Wildman–Crippen MR) is 197 cm³/mol. The molecule has 0 saturated carbocycles. The number of nitrogens with one attached hydrogen (secondary N) is 3. The van der Waals surface area contributed by atoms with Crippen LogP contribution in [0.5, 0.6) is 5.88 Å². The van der Waals surface area contributed by atoms with E-state index in [1.165, 1.54) is 0 Å². The number of methoxy groups -OCH3 is 1. The highest BCUT2D eigenvalue weighted by atomic mass is 35.5. The van der Waals surface area contributed by atoms with Gasteiger partial charge in [-0.2, -0.15) is 0 Å². The van der Waals surface area contributed by atoms with Crippen molar-refractivity contribution in [3.05, 3.63) is 81.8 Å². The van der Waals surface area contributed by atoms with Gasteiger partial charge in [0.05, 0.1) is 34.2 Å². The molecule has 6 rings (SSSR count). The Kier molecular flexibility index (Phi) is 11.7. The first-order valence-electron chi connectivity index (χ1n) is 17.0. The first kappa shape index (κ1) is 36.4. The maximum absolute atomic E-state index is 15.8. The van der Waals surface area contributed by atoms with Gasteiger partial charge in [-0.05, 0) is 50.6 Å². The zero-order valence-corrected chi connectivity index (χ0v) is 30.3. The van der Waals surface area contributed by atoms with Crippen molar-refractivity contribution in [1.29, 1.82) is 0 Å². The van der Waals surface area contributed by atoms with E-state index in [0.717, 1.165) is 24.8 Å². The van der Waals surface area contributed by atoms with Gasteiger partial charge in [-0.15, -0.1) is 0 Å². The quantitative estimate of drug-likeness (QED) is 0.156. The van der Waals surface area contributed by atoms with Crippen molar-refractivity contribution in [2.45, 2.75) is 57.8 Å². The van der Waals surface area contributed by atoms with E-state index in [4.69, 9.17) is 32.9 Å². The summed E-state index contributed by atoms with van der Waals surface area (Å²) in [4.78, 5) is 40.8. The number of nitrogens with zero attached hydrogens (tertiary/aromatic N) is 5. The van der Waals surface area contributed by atoms with Crippen LogP contribution in [0, 0.1) is 5.82 Å². The van der Waals surface area contributed by atoms with E-state index >= 15 is 4.39 Å². The molecule has 0 spiro atoms. The Morgan fingerprint density at radius 1 is 1.04 bits per heavy atom. The molecule has 0 unspecified atom stereocenters. The monoisotopic (exact) mass is 734 g/mol. The van der Waals surface area contributed by atoms with Crippen molar-refractivity contribution in [2.75, 3.05) is 39.1 Å². The lowest BCUT2D eigenvalue weighted by Crippen LogP contribution is -2.44. The van der Waals surface area contributed by atoms with Crippen LogP contribution in [0.2, 0.25) is 10.0 Å². The summed E-state index contributed by atoms with van der Waals surface area (Å²) in [6.07, 6.45) is 6.25. The fourth-order valence-electron chi connectivity index (χ4n) is 6.62. The summed E-state index contributed by atoms with van der Waals surface area (Å²) in [6, 6.07) is 12.9. The van der Waals surface area contributed by atoms with Gasteiger partial charge in [0.2, 0.25) is 17.7 Å². The molecule has 2 fully saturated rings. The number of benzene rings is 1. The lowest BCUT2D eigenvalue weighted by atomic mass is 10.0. The van der Waals surface area contributed by atoms with E-state index in [2.05, 4.69) is 30.8 Å². The highest BCUT2D eigenvalue weighted by Crippen LogP contribution is 2.41. The van der Waals surface area contributed by atoms with Gasteiger partial charge in [-0.3, -0.25) is 19.5 Å². The summed E-state index contributed by atoms with van der Waals surface area (Å²) in [6.45, 7) is 4.55. The molecule has 268 valence electrons. The first-order valence-corrected chi connectivity index (χ1v) is 17.7. The highest BCUT2D eigenvalue weighted by Gasteiger charge is 2.25. The number of carbonyl (C=O) groups excluding carboxylic acids is 2. The van der Waals surface area contributed by atoms with Crippen molar-refractivity contribution in [1.82, 2.24) is 35.4 Å². The second kappa shape index (κ2) is 16.3. The molecule has 2 aliphatic heterocycles. The summed E-state index contributed by atoms with van der Waals surface area (Å²) >= 11 is 13.9. The number of anilines is 2. The minimum absolute atomic E-state index is 0.0537. The predicted octanol–water partition coefficient (Wildman–Crippen LogP) is 6.21. The van der Waals surface area contributed by atoms with Gasteiger partial charge in [0, 0.05) is 92.8 Å². The lowest BCUT2D eigenvalue weighted by molar-refractivity contribution is -0.130. The number of carbonyl (C=O) groups is 2. The molecule has 3 aromatic heterocycles. The molecule has 1 aromatic carbocycles. The molecule has 5 heterocycles. The fraction of sp³-hybridized carbons (Fsp3) is 0.378. The second-order valence-electron chi connectivity index (χ2n) is 12.9. The van der Waals surface area contributed by atoms with Gasteiger partial charge >= 0.3 is 0 Å². The molecule has 1 atom stereocenters. The zero-order valence-electron chi connectivity index (χ0n) is 28.8. The van der Waals surface area contributed by atoms with Gasteiger partial charge in [0.25, 0.3) is 0 Å². The first-order chi connectivity index (χ1) is 24.6. The molecule has 14 heteroatoms. The van der Waals surface area contributed by atoms with Crippen molar-refractivity contribution in [3.8, 4) is 28.4 Å². The number of piperidine rings is 1. The van der Waals surface area contributed by atoms with E-state index in [1.54, 1.807) is 56.8 Å². The number of rotatable bonds is 12. The van der Waals surface area contributed by atoms with Crippen LogP contribution < -0.4 is 20.7 Å². The molecular weight excluding hydrogens is 694 g/mol. The van der Waals surface area contributed by atoms with Crippen LogP contribution in [-0.4, -0.2) is 82.4 Å². The third kappa shape index (κ3) is 8.41. The summed E-state index contributed by atoms with van der Waals surface area (Å²) in [5.74, 6) is 0.211. The van der Waals surface area contributed by atoms with Crippen LogP contribution in [0.1, 0.15) is 43.7 Å². The standard InChI is InChI=1S/C37H41Cl2FN8O3/c1-22(49)48-17-13-26(14-18-48)47(2)21-24-11-15-43-36(34(24)40)45-30-6-4-5-28(32(30)38)35-33(39)27(12-16-42-35)29-9-7-23(37(46-29)51-3)19-41-20-25-8-10-31(50)44-25/h4-7,9,11-12,15-16,25-26,41H,8,10,13-14,17-21H2,1-3H3,(H,43,45)(H,44,50)/t25-/m1/s1. The normalized spacial score (nSPS) is 16.4. The van der Waals surface area contributed by atoms with Gasteiger partial charge in [-0.1, -0.05) is 41.4 Å². The molecule has 2 aliphatic rings. The van der Waals surface area contributed by atoms with Gasteiger partial charge in [-0.25, -0.2) is 14.4 Å². The minimum Gasteiger partial charge on any atom is -0.481 e. The van der Waals surface area contributed by atoms with Crippen molar-refractivity contribution >= 4 is 46.5 Å². The Morgan fingerprint density at radius 2 is 1.82 bits per heavy atom. The van der Waals surface area contributed by atoms with E-state index in [1.807, 2.05) is 24.1 Å². The Labute approximate surface area is 306 Å². The fourth-order valence-corrected chi connectivity index (χ4v) is 7.20. The van der Waals surface area contributed by atoms with Crippen LogP contribution in [0.15, 0.2) is 54.9 Å². The number of halogens is 3. The smallest absolute Gasteiger partial charge is 0.220 e. The van der Waals surface area contributed by atoms with Crippen LogP contribution in [0.25, 0.3) is 22.5 Å².